The van der Waals surface area contributed by atoms with Crippen molar-refractivity contribution in [1.82, 2.24) is 43.3 Å². The van der Waals surface area contributed by atoms with Crippen LogP contribution in [0.5, 0.6) is 0 Å². The number of carbonyl (C=O) groups excluding carboxylic acids is 2. The van der Waals surface area contributed by atoms with Gasteiger partial charge in [-0.15, -0.1) is 0 Å². The van der Waals surface area contributed by atoms with Gasteiger partial charge < -0.3 is 28.4 Å². The van der Waals surface area contributed by atoms with Crippen molar-refractivity contribution in [2.24, 2.45) is 0 Å². The van der Waals surface area contributed by atoms with Gasteiger partial charge in [0, 0.05) is 55.8 Å². The van der Waals surface area contributed by atoms with Crippen LogP contribution in [0.4, 0.5) is 5.69 Å². The normalized spacial score (nSPS) is 21.3. The molecule has 1 N–H and O–H groups in total. The number of amides is 2. The van der Waals surface area contributed by atoms with E-state index >= 15 is 0 Å². The topological polar surface area (TPSA) is 212 Å². The van der Waals surface area contributed by atoms with Gasteiger partial charge in [-0.3, -0.25) is 9.59 Å². The molecule has 11 rings (SSSR count). The number of benzene rings is 3. The third-order valence-corrected chi connectivity index (χ3v) is 17.8. The van der Waals surface area contributed by atoms with Gasteiger partial charge in [-0.25, -0.2) is 35.4 Å². The van der Waals surface area contributed by atoms with E-state index in [1.54, 1.807) is 11.0 Å². The lowest BCUT2D eigenvalue weighted by molar-refractivity contribution is -0.119. The zero-order valence-electron chi connectivity index (χ0n) is 40.4. The fourth-order valence-electron chi connectivity index (χ4n) is 11.0. The SMILES string of the molecule is Cc1noc(C)c1-c1ccc2c(c1)nc([C@@H]1CCC(=O)N1)n2[C@@H]1CCN(S(C)(=O)=O)C1.Cc1noc(C)c1-c1ccc2c(c1)nc([C@@H]1CCC(=O)N1c1ccc(Cl)c(Cl)c1C)n2[C@@H]1CCN(S(C)(=O)=O)C1. The predicted molar refractivity (Wildman–Crippen MR) is 270 cm³/mol. The third kappa shape index (κ3) is 8.94. The summed E-state index contributed by atoms with van der Waals surface area (Å²) in [5.74, 6) is 2.98. The average molecular weight is 1050 g/mol. The van der Waals surface area contributed by atoms with E-state index < -0.39 is 20.0 Å². The number of aromatic nitrogens is 6. The third-order valence-electron chi connectivity index (χ3n) is 14.4. The Morgan fingerprint density at radius 2 is 1.18 bits per heavy atom. The minimum absolute atomic E-state index is 0.0178. The predicted octanol–water partition coefficient (Wildman–Crippen LogP) is 8.46. The molecule has 4 aliphatic heterocycles. The first-order valence-electron chi connectivity index (χ1n) is 23.5. The molecule has 4 saturated heterocycles. The van der Waals surface area contributed by atoms with Crippen LogP contribution in [0.25, 0.3) is 44.3 Å². The summed E-state index contributed by atoms with van der Waals surface area (Å²) in [7, 11) is -6.60. The number of carbonyl (C=O) groups is 2. The van der Waals surface area contributed by atoms with Crippen LogP contribution in [0.15, 0.2) is 57.6 Å². The quantitative estimate of drug-likeness (QED) is 0.144. The van der Waals surface area contributed by atoms with E-state index in [1.165, 1.54) is 21.1 Å². The van der Waals surface area contributed by atoms with Crippen LogP contribution < -0.4 is 10.2 Å². The standard InChI is InChI=1S/C28H29Cl2N5O4S.C21H25N5O4S/c1-15-22(8-6-20(29)27(15)30)35-24(9-10-25(35)36)28-31-21-13-18(26-16(2)32-39-17(26)3)5-7-23(21)34(28)19-11-12-33(14-19)40(4,37)38;1-12-20(13(2)30-24-12)14-4-6-18-17(10-14)23-21(16-5-7-19(27)22-16)26(18)15-8-9-25(11-15)31(3,28)29/h5-8,13,19,24H,9-12,14H2,1-4H3;4,6,10,15-16H,5,7-9,11H2,1-3H3,(H,22,27)/t19-,24+;15-,16+/m11/s1. The fourth-order valence-corrected chi connectivity index (χ4v) is 13.1. The van der Waals surface area contributed by atoms with Gasteiger partial charge in [0.2, 0.25) is 31.9 Å². The first kappa shape index (κ1) is 49.0. The number of nitrogens with one attached hydrogen (secondary N) is 1. The maximum atomic E-state index is 13.3. The summed E-state index contributed by atoms with van der Waals surface area (Å²) < 4.78 is 66.9. The summed E-state index contributed by atoms with van der Waals surface area (Å²) in [6.45, 7) is 11.1. The minimum atomic E-state index is -3.34. The number of halogens is 2. The number of anilines is 1. The van der Waals surface area contributed by atoms with E-state index in [4.69, 9.17) is 42.2 Å². The Labute approximate surface area is 421 Å². The molecule has 3 aromatic carbocycles. The van der Waals surface area contributed by atoms with Gasteiger partial charge in [0.1, 0.15) is 23.2 Å². The van der Waals surface area contributed by atoms with Crippen LogP contribution in [-0.2, 0) is 29.6 Å². The molecule has 4 atom stereocenters. The van der Waals surface area contributed by atoms with Crippen LogP contribution >= 0.6 is 23.2 Å². The van der Waals surface area contributed by atoms with Gasteiger partial charge in [0.15, 0.2) is 0 Å². The largest absolute Gasteiger partial charge is 0.361 e. The van der Waals surface area contributed by atoms with Crippen LogP contribution in [-0.4, -0.2) is 105 Å². The maximum absolute atomic E-state index is 13.3. The number of aryl methyl sites for hydroxylation is 4. The smallest absolute Gasteiger partial charge is 0.227 e. The number of imidazole rings is 2. The lowest BCUT2D eigenvalue weighted by Crippen LogP contribution is -2.31. The van der Waals surface area contributed by atoms with Crippen molar-refractivity contribution in [3.63, 3.8) is 0 Å². The summed E-state index contributed by atoms with van der Waals surface area (Å²) in [5.41, 5.74) is 10.2. The van der Waals surface area contributed by atoms with E-state index in [1.807, 2.05) is 77.1 Å². The lowest BCUT2D eigenvalue weighted by atomic mass is 10.0. The van der Waals surface area contributed by atoms with Crippen molar-refractivity contribution in [2.75, 3.05) is 43.6 Å². The molecule has 0 saturated carbocycles. The molecule has 18 nitrogen and oxygen atoms in total. The fraction of sp³-hybridized carbons (Fsp3) is 0.429. The molecule has 0 spiro atoms. The van der Waals surface area contributed by atoms with Crippen LogP contribution in [0, 0.1) is 34.6 Å². The molecule has 7 aromatic rings. The Hall–Kier alpha value is -5.64. The molecule has 0 radical (unpaired) electrons. The van der Waals surface area contributed by atoms with E-state index in [2.05, 4.69) is 24.8 Å². The molecular formula is C49H54Cl2N10O8S2. The van der Waals surface area contributed by atoms with Gasteiger partial charge in [-0.05, 0) is 113 Å². The highest BCUT2D eigenvalue weighted by Gasteiger charge is 2.41. The minimum Gasteiger partial charge on any atom is -0.361 e. The van der Waals surface area contributed by atoms with Crippen LogP contribution in [0.1, 0.15) is 103 Å². The Morgan fingerprint density at radius 3 is 1.65 bits per heavy atom. The highest BCUT2D eigenvalue weighted by Crippen LogP contribution is 2.45. The Bertz CT molecular complexity index is 3490. The number of hydrogen-bond acceptors (Lipinski definition) is 12. The zero-order chi connectivity index (χ0) is 50.4. The van der Waals surface area contributed by atoms with E-state index in [0.717, 1.165) is 84.4 Å². The van der Waals surface area contributed by atoms with Gasteiger partial charge in [0.25, 0.3) is 0 Å². The number of sulfonamides is 2. The lowest BCUT2D eigenvalue weighted by Gasteiger charge is -2.28. The maximum Gasteiger partial charge on any atom is 0.227 e. The molecule has 8 heterocycles. The molecular weight excluding hydrogens is 992 g/mol. The van der Waals surface area contributed by atoms with Crippen molar-refractivity contribution in [2.45, 2.75) is 97.3 Å². The van der Waals surface area contributed by atoms with Gasteiger partial charge in [-0.1, -0.05) is 45.6 Å². The first-order valence-corrected chi connectivity index (χ1v) is 28.0. The number of hydrogen-bond donors (Lipinski definition) is 1. The Balaban J connectivity index is 0.000000169. The second kappa shape index (κ2) is 18.4. The van der Waals surface area contributed by atoms with Gasteiger partial charge in [-0.2, -0.15) is 0 Å². The van der Waals surface area contributed by atoms with E-state index in [0.29, 0.717) is 80.4 Å². The number of rotatable bonds is 9. The second-order valence-corrected chi connectivity index (χ2v) is 23.8. The van der Waals surface area contributed by atoms with E-state index in [9.17, 15) is 26.4 Å². The highest BCUT2D eigenvalue weighted by molar-refractivity contribution is 7.88. The van der Waals surface area contributed by atoms with Crippen LogP contribution in [0.3, 0.4) is 0 Å². The van der Waals surface area contributed by atoms with Crippen molar-refractivity contribution in [3.8, 4) is 22.3 Å². The zero-order valence-corrected chi connectivity index (χ0v) is 43.5. The molecule has 4 aliphatic rings. The Morgan fingerprint density at radius 1 is 0.662 bits per heavy atom. The molecule has 374 valence electrons. The van der Waals surface area contributed by atoms with Crippen LogP contribution in [0.2, 0.25) is 10.0 Å². The molecule has 22 heteroatoms. The van der Waals surface area contributed by atoms with E-state index in [-0.39, 0.29) is 36.0 Å². The molecule has 0 bridgehead atoms. The molecule has 0 unspecified atom stereocenters. The summed E-state index contributed by atoms with van der Waals surface area (Å²) >= 11 is 12.7. The first-order chi connectivity index (χ1) is 33.7. The Kier molecular flexibility index (Phi) is 12.7. The monoisotopic (exact) mass is 1040 g/mol. The summed E-state index contributed by atoms with van der Waals surface area (Å²) in [6, 6.07) is 14.9. The van der Waals surface area contributed by atoms with Crippen molar-refractivity contribution >= 4 is 82.8 Å². The highest BCUT2D eigenvalue weighted by atomic mass is 35.5. The number of fused-ring (bicyclic) bond motifs is 2. The molecule has 4 fully saturated rings. The summed E-state index contributed by atoms with van der Waals surface area (Å²) in [6.07, 6.45) is 5.91. The van der Waals surface area contributed by atoms with Crippen molar-refractivity contribution < 1.29 is 35.5 Å². The number of nitrogens with zero attached hydrogens (tertiary/aromatic N) is 9. The summed E-state index contributed by atoms with van der Waals surface area (Å²) in [5, 5.41) is 12.0. The second-order valence-electron chi connectivity index (χ2n) is 19.1. The van der Waals surface area contributed by atoms with Crippen molar-refractivity contribution in [1.29, 1.82) is 0 Å². The molecule has 2 amide bonds. The van der Waals surface area contributed by atoms with Gasteiger partial charge >= 0.3 is 0 Å². The molecule has 71 heavy (non-hydrogen) atoms. The average Bonchev–Trinajstić information content (AvgIpc) is 4.18. The van der Waals surface area contributed by atoms with Gasteiger partial charge in [0.05, 0.1) is 80.2 Å². The molecule has 0 aliphatic carbocycles. The molecule has 4 aromatic heterocycles. The summed E-state index contributed by atoms with van der Waals surface area (Å²) in [4.78, 5) is 37.0. The van der Waals surface area contributed by atoms with Crippen molar-refractivity contribution in [3.05, 3.63) is 98.7 Å².